The third-order valence-electron chi connectivity index (χ3n) is 4.19. The van der Waals surface area contributed by atoms with Gasteiger partial charge in [0.15, 0.2) is 6.04 Å². The molecule has 0 spiro atoms. The molecule has 0 saturated heterocycles. The second-order valence-corrected chi connectivity index (χ2v) is 6.22. The van der Waals surface area contributed by atoms with Gasteiger partial charge in [0.2, 0.25) is 0 Å². The number of hydrogen-bond acceptors (Lipinski definition) is 4. The Hall–Kier alpha value is -3.48. The van der Waals surface area contributed by atoms with E-state index in [0.717, 1.165) is 11.2 Å². The van der Waals surface area contributed by atoms with Crippen LogP contribution in [0.5, 0.6) is 0 Å². The molecular formula is C19H18N6O. The second kappa shape index (κ2) is 6.44. The van der Waals surface area contributed by atoms with Gasteiger partial charge < -0.3 is 9.30 Å². The smallest absolute Gasteiger partial charge is 0.251 e. The summed E-state index contributed by atoms with van der Waals surface area (Å²) >= 11 is 0. The van der Waals surface area contributed by atoms with Crippen LogP contribution in [0, 0.1) is 0 Å². The molecule has 1 atom stereocenters. The Kier molecular flexibility index (Phi) is 3.96. The van der Waals surface area contributed by atoms with E-state index < -0.39 is 6.04 Å². The summed E-state index contributed by atoms with van der Waals surface area (Å²) in [6.45, 7) is 0. The first kappa shape index (κ1) is 16.0. The Morgan fingerprint density at radius 2 is 1.77 bits per heavy atom. The predicted octanol–water partition coefficient (Wildman–Crippen LogP) is 2.27. The third kappa shape index (κ3) is 2.83. The average Bonchev–Trinajstić information content (AvgIpc) is 3.29. The zero-order chi connectivity index (χ0) is 18.1. The van der Waals surface area contributed by atoms with Crippen LogP contribution in [-0.2, 0) is 4.79 Å². The van der Waals surface area contributed by atoms with E-state index in [1.807, 2.05) is 65.3 Å². The lowest BCUT2D eigenvalue weighted by molar-refractivity contribution is -0.131. The van der Waals surface area contributed by atoms with Crippen molar-refractivity contribution in [2.45, 2.75) is 6.04 Å². The van der Waals surface area contributed by atoms with Crippen molar-refractivity contribution >= 4 is 11.6 Å². The van der Waals surface area contributed by atoms with E-state index in [9.17, 15) is 4.79 Å². The van der Waals surface area contributed by atoms with Crippen molar-refractivity contribution < 1.29 is 4.79 Å². The summed E-state index contributed by atoms with van der Waals surface area (Å²) in [7, 11) is 3.47. The molecule has 7 nitrogen and oxygen atoms in total. The highest BCUT2D eigenvalue weighted by Gasteiger charge is 2.26. The monoisotopic (exact) mass is 346 g/mol. The lowest BCUT2D eigenvalue weighted by Gasteiger charge is -2.20. The summed E-state index contributed by atoms with van der Waals surface area (Å²) in [4.78, 5) is 18.9. The molecule has 0 saturated carbocycles. The van der Waals surface area contributed by atoms with E-state index in [4.69, 9.17) is 0 Å². The number of nitrogens with zero attached hydrogens (tertiary/aromatic N) is 6. The van der Waals surface area contributed by atoms with Crippen molar-refractivity contribution in [3.05, 3.63) is 72.7 Å². The van der Waals surface area contributed by atoms with Crippen molar-refractivity contribution in [2.24, 2.45) is 0 Å². The number of imidazole rings is 1. The maximum atomic E-state index is 12.7. The van der Waals surface area contributed by atoms with Crippen LogP contribution in [0.3, 0.4) is 0 Å². The number of rotatable bonds is 4. The number of hydrogen-bond donors (Lipinski definition) is 0. The third-order valence-corrected chi connectivity index (χ3v) is 4.19. The summed E-state index contributed by atoms with van der Waals surface area (Å²) in [6, 6.07) is 14.8. The quantitative estimate of drug-likeness (QED) is 0.568. The molecule has 3 aromatic heterocycles. The van der Waals surface area contributed by atoms with E-state index in [1.54, 1.807) is 29.9 Å². The highest BCUT2D eigenvalue weighted by Crippen LogP contribution is 2.22. The SMILES string of the molecule is CN(C)C(=O)C(c1ccccc1)n1cc(-c2cn3ccccc3n2)nn1. The van der Waals surface area contributed by atoms with Gasteiger partial charge in [0, 0.05) is 26.5 Å². The number of aromatic nitrogens is 5. The van der Waals surface area contributed by atoms with Gasteiger partial charge in [-0.15, -0.1) is 5.10 Å². The fraction of sp³-hybridized carbons (Fsp3) is 0.158. The highest BCUT2D eigenvalue weighted by atomic mass is 16.2. The molecule has 130 valence electrons. The first-order valence-electron chi connectivity index (χ1n) is 8.25. The minimum atomic E-state index is -0.565. The maximum Gasteiger partial charge on any atom is 0.251 e. The molecule has 1 aromatic carbocycles. The van der Waals surface area contributed by atoms with Crippen LogP contribution in [0.1, 0.15) is 11.6 Å². The Labute approximate surface area is 150 Å². The number of pyridine rings is 1. The molecular weight excluding hydrogens is 328 g/mol. The molecule has 1 unspecified atom stereocenters. The second-order valence-electron chi connectivity index (χ2n) is 6.22. The number of benzene rings is 1. The number of likely N-dealkylation sites (N-methyl/N-ethyl adjacent to an activating group) is 1. The largest absolute Gasteiger partial charge is 0.347 e. The van der Waals surface area contributed by atoms with Crippen LogP contribution >= 0.6 is 0 Å². The van der Waals surface area contributed by atoms with E-state index in [2.05, 4.69) is 15.3 Å². The summed E-state index contributed by atoms with van der Waals surface area (Å²) in [5.74, 6) is -0.0670. The van der Waals surface area contributed by atoms with Crippen molar-refractivity contribution in [3.8, 4) is 11.4 Å². The Morgan fingerprint density at radius 1 is 1.00 bits per heavy atom. The molecule has 7 heteroatoms. The molecule has 0 aliphatic rings. The molecule has 0 aliphatic heterocycles. The zero-order valence-electron chi connectivity index (χ0n) is 14.5. The molecule has 0 bridgehead atoms. The van der Waals surface area contributed by atoms with Crippen LogP contribution in [-0.4, -0.2) is 49.3 Å². The zero-order valence-corrected chi connectivity index (χ0v) is 14.5. The minimum absolute atomic E-state index is 0.0670. The Morgan fingerprint density at radius 3 is 2.50 bits per heavy atom. The summed E-state index contributed by atoms with van der Waals surface area (Å²) in [5.41, 5.74) is 3.03. The van der Waals surface area contributed by atoms with Gasteiger partial charge in [-0.3, -0.25) is 4.79 Å². The van der Waals surface area contributed by atoms with E-state index in [-0.39, 0.29) is 5.91 Å². The molecule has 4 aromatic rings. The van der Waals surface area contributed by atoms with Crippen molar-refractivity contribution in [3.63, 3.8) is 0 Å². The van der Waals surface area contributed by atoms with Crippen molar-refractivity contribution in [1.82, 2.24) is 29.3 Å². The number of fused-ring (bicyclic) bond motifs is 1. The average molecular weight is 346 g/mol. The molecule has 0 fully saturated rings. The summed E-state index contributed by atoms with van der Waals surface area (Å²) < 4.78 is 3.52. The Bertz CT molecular complexity index is 1020. The minimum Gasteiger partial charge on any atom is -0.347 e. The van der Waals surface area contributed by atoms with E-state index in [0.29, 0.717) is 11.4 Å². The highest BCUT2D eigenvalue weighted by molar-refractivity contribution is 5.83. The number of carbonyl (C=O) groups excluding carboxylic acids is 1. The van der Waals surface area contributed by atoms with Gasteiger partial charge in [-0.05, 0) is 17.7 Å². The first-order valence-corrected chi connectivity index (χ1v) is 8.25. The van der Waals surface area contributed by atoms with Crippen molar-refractivity contribution in [2.75, 3.05) is 14.1 Å². The topological polar surface area (TPSA) is 68.3 Å². The molecule has 0 radical (unpaired) electrons. The normalized spacial score (nSPS) is 12.2. The van der Waals surface area contributed by atoms with Crippen LogP contribution < -0.4 is 0 Å². The molecule has 0 aliphatic carbocycles. The molecule has 26 heavy (non-hydrogen) atoms. The lowest BCUT2D eigenvalue weighted by atomic mass is 10.1. The standard InChI is InChI=1S/C19H18N6O/c1-23(2)19(26)18(14-8-4-3-5-9-14)25-13-16(21-22-25)15-12-24-11-7-6-10-17(24)20-15/h3-13,18H,1-2H3. The Balaban J connectivity index is 1.75. The number of amides is 1. The van der Waals surface area contributed by atoms with E-state index in [1.165, 1.54) is 0 Å². The first-order chi connectivity index (χ1) is 12.6. The molecule has 0 N–H and O–H groups in total. The fourth-order valence-electron chi connectivity index (χ4n) is 2.87. The van der Waals surface area contributed by atoms with Crippen LogP contribution in [0.15, 0.2) is 67.1 Å². The van der Waals surface area contributed by atoms with Crippen LogP contribution in [0.2, 0.25) is 0 Å². The molecule has 4 rings (SSSR count). The molecule has 3 heterocycles. The van der Waals surface area contributed by atoms with Crippen LogP contribution in [0.4, 0.5) is 0 Å². The maximum absolute atomic E-state index is 12.7. The fourth-order valence-corrected chi connectivity index (χ4v) is 2.87. The summed E-state index contributed by atoms with van der Waals surface area (Å²) in [6.07, 6.45) is 5.59. The van der Waals surface area contributed by atoms with E-state index >= 15 is 0 Å². The van der Waals surface area contributed by atoms with Gasteiger partial charge in [0.1, 0.15) is 17.0 Å². The van der Waals surface area contributed by atoms with Gasteiger partial charge in [-0.25, -0.2) is 9.67 Å². The number of carbonyl (C=O) groups is 1. The predicted molar refractivity (Wildman–Crippen MR) is 97.5 cm³/mol. The van der Waals surface area contributed by atoms with Gasteiger partial charge in [-0.2, -0.15) is 0 Å². The van der Waals surface area contributed by atoms with Gasteiger partial charge in [0.25, 0.3) is 5.91 Å². The molecule has 1 amide bonds. The lowest BCUT2D eigenvalue weighted by Crippen LogP contribution is -2.32. The summed E-state index contributed by atoms with van der Waals surface area (Å²) in [5, 5.41) is 8.45. The van der Waals surface area contributed by atoms with Crippen molar-refractivity contribution in [1.29, 1.82) is 0 Å². The van der Waals surface area contributed by atoms with Gasteiger partial charge >= 0.3 is 0 Å². The van der Waals surface area contributed by atoms with Gasteiger partial charge in [0.05, 0.1) is 6.20 Å². The van der Waals surface area contributed by atoms with Crippen LogP contribution in [0.25, 0.3) is 17.0 Å². The van der Waals surface area contributed by atoms with Gasteiger partial charge in [-0.1, -0.05) is 41.6 Å².